The van der Waals surface area contributed by atoms with E-state index in [4.69, 9.17) is 4.74 Å². The molecule has 2 heterocycles. The fourth-order valence-electron chi connectivity index (χ4n) is 4.15. The van der Waals surface area contributed by atoms with E-state index >= 15 is 0 Å². The highest BCUT2D eigenvalue weighted by atomic mass is 32.1. The van der Waals surface area contributed by atoms with Gasteiger partial charge in [0.25, 0.3) is 5.91 Å². The van der Waals surface area contributed by atoms with E-state index in [1.54, 1.807) is 18.4 Å². The molecule has 27 heavy (non-hydrogen) atoms. The normalized spacial score (nSPS) is 17.8. The molecule has 0 saturated carbocycles. The standard InChI is InChI=1S/C22H28N2O2S/c1-26-19-10-7-6-9-18(19)23-12-14-24(15-13-23)22(25)21-16-17-8-4-2-3-5-11-20(17)27-21/h6-7,9-10,16H,2-5,8,11-15H2,1H3. The number of anilines is 1. The van der Waals surface area contributed by atoms with E-state index in [1.165, 1.54) is 36.1 Å². The van der Waals surface area contributed by atoms with Crippen LogP contribution in [0.2, 0.25) is 0 Å². The molecule has 1 aliphatic carbocycles. The van der Waals surface area contributed by atoms with Gasteiger partial charge in [0, 0.05) is 31.1 Å². The number of nitrogens with zero attached hydrogens (tertiary/aromatic N) is 2. The summed E-state index contributed by atoms with van der Waals surface area (Å²) in [5.74, 6) is 1.11. The summed E-state index contributed by atoms with van der Waals surface area (Å²) in [7, 11) is 1.71. The average Bonchev–Trinajstić information content (AvgIpc) is 3.09. The number of fused-ring (bicyclic) bond motifs is 1. The molecule has 144 valence electrons. The highest BCUT2D eigenvalue weighted by Gasteiger charge is 2.25. The van der Waals surface area contributed by atoms with E-state index in [-0.39, 0.29) is 5.91 Å². The molecule has 5 heteroatoms. The Morgan fingerprint density at radius 2 is 1.74 bits per heavy atom. The highest BCUT2D eigenvalue weighted by molar-refractivity contribution is 7.14. The minimum atomic E-state index is 0.214. The zero-order valence-corrected chi connectivity index (χ0v) is 16.9. The number of amides is 1. The summed E-state index contributed by atoms with van der Waals surface area (Å²) >= 11 is 1.74. The van der Waals surface area contributed by atoms with Gasteiger partial charge in [0.15, 0.2) is 0 Å². The van der Waals surface area contributed by atoms with Crippen LogP contribution in [0.25, 0.3) is 0 Å². The van der Waals surface area contributed by atoms with Crippen molar-refractivity contribution in [2.45, 2.75) is 38.5 Å². The minimum absolute atomic E-state index is 0.214. The van der Waals surface area contributed by atoms with Crippen molar-refractivity contribution in [2.24, 2.45) is 0 Å². The minimum Gasteiger partial charge on any atom is -0.495 e. The van der Waals surface area contributed by atoms with Crippen molar-refractivity contribution in [2.75, 3.05) is 38.2 Å². The largest absolute Gasteiger partial charge is 0.495 e. The molecule has 1 saturated heterocycles. The van der Waals surface area contributed by atoms with Crippen molar-refractivity contribution in [1.29, 1.82) is 0 Å². The summed E-state index contributed by atoms with van der Waals surface area (Å²) in [5.41, 5.74) is 2.54. The number of methoxy groups -OCH3 is 1. The van der Waals surface area contributed by atoms with Gasteiger partial charge < -0.3 is 14.5 Å². The Morgan fingerprint density at radius 1 is 1.00 bits per heavy atom. The van der Waals surface area contributed by atoms with Gasteiger partial charge in [-0.1, -0.05) is 25.0 Å². The Labute approximate surface area is 165 Å². The molecular formula is C22H28N2O2S. The van der Waals surface area contributed by atoms with E-state index in [0.29, 0.717) is 0 Å². The predicted molar refractivity (Wildman–Crippen MR) is 111 cm³/mol. The lowest BCUT2D eigenvalue weighted by atomic mass is 10.00. The lowest BCUT2D eigenvalue weighted by Crippen LogP contribution is -2.48. The van der Waals surface area contributed by atoms with Gasteiger partial charge in [0.1, 0.15) is 5.75 Å². The number of thiophene rings is 1. The molecule has 0 spiro atoms. The van der Waals surface area contributed by atoms with Crippen molar-refractivity contribution in [1.82, 2.24) is 4.90 Å². The van der Waals surface area contributed by atoms with Gasteiger partial charge in [0.05, 0.1) is 17.7 Å². The van der Waals surface area contributed by atoms with E-state index in [0.717, 1.165) is 55.3 Å². The van der Waals surface area contributed by atoms with Crippen LogP contribution in [0.5, 0.6) is 5.75 Å². The fraction of sp³-hybridized carbons (Fsp3) is 0.500. The summed E-state index contributed by atoms with van der Waals surface area (Å²) in [4.78, 5) is 19.8. The lowest BCUT2D eigenvalue weighted by molar-refractivity contribution is 0.0751. The zero-order chi connectivity index (χ0) is 18.6. The maximum absolute atomic E-state index is 13.0. The van der Waals surface area contributed by atoms with Crippen LogP contribution in [0, 0.1) is 0 Å². The second-order valence-corrected chi connectivity index (χ2v) is 8.56. The maximum Gasteiger partial charge on any atom is 0.264 e. The second kappa shape index (κ2) is 8.34. The SMILES string of the molecule is COc1ccccc1N1CCN(C(=O)c2cc3c(s2)CCCCCC3)CC1. The molecule has 1 amide bonds. The number of para-hydroxylation sites is 2. The van der Waals surface area contributed by atoms with Crippen LogP contribution in [0.1, 0.15) is 45.8 Å². The molecule has 4 nitrogen and oxygen atoms in total. The fourth-order valence-corrected chi connectivity index (χ4v) is 5.37. The summed E-state index contributed by atoms with van der Waals surface area (Å²) in [6, 6.07) is 10.3. The van der Waals surface area contributed by atoms with Crippen molar-refractivity contribution in [3.8, 4) is 5.75 Å². The monoisotopic (exact) mass is 384 g/mol. The lowest BCUT2D eigenvalue weighted by Gasteiger charge is -2.36. The van der Waals surface area contributed by atoms with Crippen LogP contribution in [-0.4, -0.2) is 44.1 Å². The molecule has 0 unspecified atom stereocenters. The maximum atomic E-state index is 13.0. The van der Waals surface area contributed by atoms with Crippen LogP contribution < -0.4 is 9.64 Å². The van der Waals surface area contributed by atoms with E-state index in [9.17, 15) is 4.79 Å². The molecule has 0 atom stereocenters. The van der Waals surface area contributed by atoms with Crippen LogP contribution >= 0.6 is 11.3 Å². The third-order valence-corrected chi connectivity index (χ3v) is 6.93. The quantitative estimate of drug-likeness (QED) is 0.787. The highest BCUT2D eigenvalue weighted by Crippen LogP contribution is 2.31. The number of hydrogen-bond acceptors (Lipinski definition) is 4. The molecule has 1 fully saturated rings. The van der Waals surface area contributed by atoms with E-state index in [2.05, 4.69) is 17.0 Å². The molecule has 1 aliphatic heterocycles. The zero-order valence-electron chi connectivity index (χ0n) is 16.1. The molecule has 0 bridgehead atoms. The Morgan fingerprint density at radius 3 is 2.52 bits per heavy atom. The molecule has 4 rings (SSSR count). The second-order valence-electron chi connectivity index (χ2n) is 7.42. The molecule has 1 aromatic carbocycles. The molecule has 1 aromatic heterocycles. The Bertz CT molecular complexity index is 768. The van der Waals surface area contributed by atoms with Gasteiger partial charge in [-0.2, -0.15) is 0 Å². The van der Waals surface area contributed by atoms with Crippen LogP contribution in [0.15, 0.2) is 30.3 Å². The van der Waals surface area contributed by atoms with Crippen molar-refractivity contribution in [3.05, 3.63) is 45.6 Å². The third-order valence-electron chi connectivity index (χ3n) is 5.70. The third kappa shape index (κ3) is 3.98. The first kappa shape index (κ1) is 18.4. The first-order chi connectivity index (χ1) is 13.3. The van der Waals surface area contributed by atoms with Crippen molar-refractivity contribution in [3.63, 3.8) is 0 Å². The number of carbonyl (C=O) groups excluding carboxylic acids is 1. The Balaban J connectivity index is 1.42. The van der Waals surface area contributed by atoms with Crippen molar-refractivity contribution < 1.29 is 9.53 Å². The van der Waals surface area contributed by atoms with Gasteiger partial charge in [-0.3, -0.25) is 4.79 Å². The van der Waals surface area contributed by atoms with Gasteiger partial charge in [0.2, 0.25) is 0 Å². The molecule has 0 N–H and O–H groups in total. The number of hydrogen-bond donors (Lipinski definition) is 0. The summed E-state index contributed by atoms with van der Waals surface area (Å²) in [6.07, 6.45) is 7.46. The van der Waals surface area contributed by atoms with E-state index < -0.39 is 0 Å². The average molecular weight is 385 g/mol. The molecule has 2 aliphatic rings. The van der Waals surface area contributed by atoms with Crippen LogP contribution in [-0.2, 0) is 12.8 Å². The van der Waals surface area contributed by atoms with Gasteiger partial charge in [-0.15, -0.1) is 11.3 Å². The number of piperazine rings is 1. The molecular weight excluding hydrogens is 356 g/mol. The first-order valence-electron chi connectivity index (χ1n) is 10.0. The molecule has 2 aromatic rings. The smallest absolute Gasteiger partial charge is 0.264 e. The first-order valence-corrected chi connectivity index (χ1v) is 10.9. The Hall–Kier alpha value is -2.01. The predicted octanol–water partition coefficient (Wildman–Crippen LogP) is 4.38. The summed E-state index contributed by atoms with van der Waals surface area (Å²) < 4.78 is 5.49. The number of ether oxygens (including phenoxy) is 1. The molecule has 0 radical (unpaired) electrons. The van der Waals surface area contributed by atoms with Gasteiger partial charge in [-0.05, 0) is 49.4 Å². The number of benzene rings is 1. The van der Waals surface area contributed by atoms with Crippen molar-refractivity contribution >= 4 is 22.9 Å². The topological polar surface area (TPSA) is 32.8 Å². The van der Waals surface area contributed by atoms with Crippen LogP contribution in [0.4, 0.5) is 5.69 Å². The Kier molecular flexibility index (Phi) is 5.67. The van der Waals surface area contributed by atoms with E-state index in [1.807, 2.05) is 23.1 Å². The van der Waals surface area contributed by atoms with Gasteiger partial charge in [-0.25, -0.2) is 0 Å². The number of carbonyl (C=O) groups is 1. The van der Waals surface area contributed by atoms with Crippen LogP contribution in [0.3, 0.4) is 0 Å². The summed E-state index contributed by atoms with van der Waals surface area (Å²) in [6.45, 7) is 3.22. The van der Waals surface area contributed by atoms with Gasteiger partial charge >= 0.3 is 0 Å². The number of rotatable bonds is 3. The number of aryl methyl sites for hydroxylation is 2. The summed E-state index contributed by atoms with van der Waals surface area (Å²) in [5, 5.41) is 0.